The SMILES string of the molecule is C[NH2+]CCCNc1nc(CN(CI)Cc2cccc3ccccc23)nc2ccccc12. The molecule has 160 valence electrons. The van der Waals surface area contributed by atoms with E-state index in [-0.39, 0.29) is 0 Å². The summed E-state index contributed by atoms with van der Waals surface area (Å²) in [5.74, 6) is 1.80. The van der Waals surface area contributed by atoms with Crippen LogP contribution in [-0.2, 0) is 13.1 Å². The molecule has 0 unspecified atom stereocenters. The van der Waals surface area contributed by atoms with Crippen molar-refractivity contribution >= 4 is 50.1 Å². The largest absolute Gasteiger partial charge is 0.369 e. The van der Waals surface area contributed by atoms with Gasteiger partial charge in [-0.15, -0.1) is 0 Å². The summed E-state index contributed by atoms with van der Waals surface area (Å²) in [7, 11) is 2.10. The van der Waals surface area contributed by atoms with Crippen LogP contribution in [0.25, 0.3) is 21.7 Å². The van der Waals surface area contributed by atoms with Crippen molar-refractivity contribution < 1.29 is 5.32 Å². The van der Waals surface area contributed by atoms with Crippen LogP contribution in [0.1, 0.15) is 17.8 Å². The van der Waals surface area contributed by atoms with Crippen LogP contribution in [0.3, 0.4) is 0 Å². The Bertz CT molecular complexity index is 1140. The second kappa shape index (κ2) is 10.8. The lowest BCUT2D eigenvalue weighted by Crippen LogP contribution is -2.79. The lowest BCUT2D eigenvalue weighted by molar-refractivity contribution is -0.626. The molecule has 6 heteroatoms. The maximum Gasteiger partial charge on any atom is 0.145 e. The molecule has 4 rings (SSSR count). The lowest BCUT2D eigenvalue weighted by Gasteiger charge is -2.20. The Balaban J connectivity index is 1.57. The molecule has 0 saturated heterocycles. The molecule has 0 atom stereocenters. The Morgan fingerprint density at radius 1 is 0.903 bits per heavy atom. The first kappa shape index (κ1) is 21.9. The standard InChI is InChI=1S/C25H28IN5/c1-27-14-7-15-28-25-22-12-4-5-13-23(22)29-24(30-25)17-31(18-26)16-20-10-6-9-19-8-2-3-11-21(19)20/h2-6,8-13,27H,7,14-18H2,1H3,(H,28,29,30)/p+1. The number of fused-ring (bicyclic) bond motifs is 2. The number of hydrogen-bond acceptors (Lipinski definition) is 4. The number of para-hydroxylation sites is 1. The highest BCUT2D eigenvalue weighted by atomic mass is 127. The van der Waals surface area contributed by atoms with E-state index >= 15 is 0 Å². The average Bonchev–Trinajstić information content (AvgIpc) is 2.81. The molecular weight excluding hydrogens is 497 g/mol. The van der Waals surface area contributed by atoms with Gasteiger partial charge in [0.05, 0.1) is 30.2 Å². The number of alkyl halides is 1. The Hall–Kier alpha value is -2.29. The maximum atomic E-state index is 4.91. The normalized spacial score (nSPS) is 11.5. The Labute approximate surface area is 197 Å². The van der Waals surface area contributed by atoms with Gasteiger partial charge in [-0.2, -0.15) is 0 Å². The predicted octanol–water partition coefficient (Wildman–Crippen LogP) is 4.17. The smallest absolute Gasteiger partial charge is 0.145 e. The molecule has 0 aliphatic heterocycles. The number of anilines is 1. The summed E-state index contributed by atoms with van der Waals surface area (Å²) in [5.41, 5.74) is 2.33. The molecule has 1 aromatic heterocycles. The molecule has 0 spiro atoms. The zero-order chi connectivity index (χ0) is 21.5. The van der Waals surface area contributed by atoms with Gasteiger partial charge in [0, 0.05) is 24.9 Å². The fraction of sp³-hybridized carbons (Fsp3) is 0.280. The zero-order valence-corrected chi connectivity index (χ0v) is 20.0. The van der Waals surface area contributed by atoms with E-state index in [1.165, 1.54) is 16.3 Å². The molecular formula is C25H29IN5+. The van der Waals surface area contributed by atoms with Crippen molar-refractivity contribution in [1.82, 2.24) is 14.9 Å². The van der Waals surface area contributed by atoms with Crippen LogP contribution in [-0.4, -0.2) is 39.6 Å². The van der Waals surface area contributed by atoms with Crippen LogP contribution in [0.5, 0.6) is 0 Å². The van der Waals surface area contributed by atoms with Gasteiger partial charge in [0.1, 0.15) is 11.6 Å². The number of nitrogens with one attached hydrogen (secondary N) is 1. The van der Waals surface area contributed by atoms with E-state index in [1.54, 1.807) is 0 Å². The van der Waals surface area contributed by atoms with Gasteiger partial charge in [0.25, 0.3) is 0 Å². The predicted molar refractivity (Wildman–Crippen MR) is 137 cm³/mol. The molecule has 31 heavy (non-hydrogen) atoms. The van der Waals surface area contributed by atoms with Gasteiger partial charge in [0.2, 0.25) is 0 Å². The monoisotopic (exact) mass is 526 g/mol. The summed E-state index contributed by atoms with van der Waals surface area (Å²) in [5, 5.41) is 9.42. The molecule has 0 radical (unpaired) electrons. The van der Waals surface area contributed by atoms with E-state index in [2.05, 4.69) is 99.8 Å². The number of rotatable bonds is 10. The van der Waals surface area contributed by atoms with Crippen molar-refractivity contribution in [2.24, 2.45) is 0 Å². The number of nitrogens with two attached hydrogens (primary N) is 1. The van der Waals surface area contributed by atoms with Gasteiger partial charge >= 0.3 is 0 Å². The first-order valence-electron chi connectivity index (χ1n) is 10.8. The first-order chi connectivity index (χ1) is 15.3. The summed E-state index contributed by atoms with van der Waals surface area (Å²) in [6, 6.07) is 23.4. The van der Waals surface area contributed by atoms with Crippen molar-refractivity contribution in [3.63, 3.8) is 0 Å². The van der Waals surface area contributed by atoms with Gasteiger partial charge in [-0.1, -0.05) is 77.2 Å². The molecule has 0 amide bonds. The van der Waals surface area contributed by atoms with Gasteiger partial charge in [-0.25, -0.2) is 9.97 Å². The average molecular weight is 526 g/mol. The fourth-order valence-corrected chi connectivity index (χ4v) is 4.34. The highest BCUT2D eigenvalue weighted by molar-refractivity contribution is 14.1. The van der Waals surface area contributed by atoms with Crippen molar-refractivity contribution in [3.8, 4) is 0 Å². The first-order valence-corrected chi connectivity index (χ1v) is 12.3. The van der Waals surface area contributed by atoms with E-state index in [1.807, 2.05) is 12.1 Å². The molecule has 4 aromatic rings. The summed E-state index contributed by atoms with van der Waals surface area (Å²) < 4.78 is 0.909. The van der Waals surface area contributed by atoms with Crippen LogP contribution >= 0.6 is 22.6 Å². The van der Waals surface area contributed by atoms with Crippen molar-refractivity contribution in [2.75, 3.05) is 30.0 Å². The zero-order valence-electron chi connectivity index (χ0n) is 17.9. The van der Waals surface area contributed by atoms with Crippen molar-refractivity contribution in [2.45, 2.75) is 19.5 Å². The van der Waals surface area contributed by atoms with Gasteiger partial charge in [-0.3, -0.25) is 4.90 Å². The fourth-order valence-electron chi connectivity index (χ4n) is 3.85. The molecule has 1 heterocycles. The summed E-state index contributed by atoms with van der Waals surface area (Å²) in [6.45, 7) is 3.61. The van der Waals surface area contributed by atoms with Crippen LogP contribution in [0.4, 0.5) is 5.82 Å². The minimum atomic E-state index is 0.717. The molecule has 0 bridgehead atoms. The molecule has 0 aliphatic rings. The Morgan fingerprint density at radius 2 is 1.68 bits per heavy atom. The summed E-state index contributed by atoms with van der Waals surface area (Å²) >= 11 is 2.44. The third kappa shape index (κ3) is 5.50. The quantitative estimate of drug-likeness (QED) is 0.141. The third-order valence-corrected chi connectivity index (χ3v) is 6.38. The van der Waals surface area contributed by atoms with E-state index in [4.69, 9.17) is 9.97 Å². The molecule has 0 saturated carbocycles. The minimum absolute atomic E-state index is 0.717. The molecule has 0 aliphatic carbocycles. The maximum absolute atomic E-state index is 4.91. The van der Waals surface area contributed by atoms with Gasteiger partial charge in [-0.05, 0) is 28.5 Å². The van der Waals surface area contributed by atoms with Gasteiger partial charge < -0.3 is 10.6 Å². The number of aromatic nitrogens is 2. The Kier molecular flexibility index (Phi) is 7.66. The van der Waals surface area contributed by atoms with Gasteiger partial charge in [0.15, 0.2) is 0 Å². The lowest BCUT2D eigenvalue weighted by atomic mass is 10.0. The molecule has 3 aromatic carbocycles. The molecule has 5 nitrogen and oxygen atoms in total. The molecule has 0 fully saturated rings. The van der Waals surface area contributed by atoms with Crippen LogP contribution in [0.15, 0.2) is 66.7 Å². The second-order valence-electron chi connectivity index (χ2n) is 7.73. The number of nitrogens with zero attached hydrogens (tertiary/aromatic N) is 3. The topological polar surface area (TPSA) is 57.7 Å². The summed E-state index contributed by atoms with van der Waals surface area (Å²) in [4.78, 5) is 12.2. The van der Waals surface area contributed by atoms with E-state index in [9.17, 15) is 0 Å². The van der Waals surface area contributed by atoms with Crippen LogP contribution in [0, 0.1) is 0 Å². The highest BCUT2D eigenvalue weighted by Crippen LogP contribution is 2.23. The summed E-state index contributed by atoms with van der Waals surface area (Å²) in [6.07, 6.45) is 1.10. The Morgan fingerprint density at radius 3 is 2.52 bits per heavy atom. The van der Waals surface area contributed by atoms with Crippen LogP contribution in [0.2, 0.25) is 0 Å². The number of quaternary nitrogens is 1. The van der Waals surface area contributed by atoms with Crippen molar-refractivity contribution in [1.29, 1.82) is 0 Å². The van der Waals surface area contributed by atoms with E-state index in [0.29, 0.717) is 6.54 Å². The van der Waals surface area contributed by atoms with E-state index in [0.717, 1.165) is 53.2 Å². The van der Waals surface area contributed by atoms with Crippen molar-refractivity contribution in [3.05, 3.63) is 78.1 Å². The number of benzene rings is 3. The minimum Gasteiger partial charge on any atom is -0.369 e. The number of hydrogen-bond donors (Lipinski definition) is 2. The highest BCUT2D eigenvalue weighted by Gasteiger charge is 2.13. The number of halogens is 1. The third-order valence-electron chi connectivity index (χ3n) is 5.42. The van der Waals surface area contributed by atoms with E-state index < -0.39 is 0 Å². The second-order valence-corrected chi connectivity index (χ2v) is 8.41. The van der Waals surface area contributed by atoms with Crippen LogP contribution < -0.4 is 10.6 Å². The molecule has 3 N–H and O–H groups in total.